The number of carbonyl (C=O) groups is 1. The van der Waals surface area contributed by atoms with Gasteiger partial charge in [-0.15, -0.1) is 11.8 Å². The highest BCUT2D eigenvalue weighted by Gasteiger charge is 2.26. The number of hydrogen-bond acceptors (Lipinski definition) is 6. The Morgan fingerprint density at radius 1 is 1.05 bits per heavy atom. The third kappa shape index (κ3) is 5.87. The van der Waals surface area contributed by atoms with Gasteiger partial charge in [0.1, 0.15) is 12.4 Å². The van der Waals surface area contributed by atoms with Crippen LogP contribution >= 0.6 is 11.8 Å². The van der Waals surface area contributed by atoms with Gasteiger partial charge < -0.3 is 4.74 Å². The van der Waals surface area contributed by atoms with Gasteiger partial charge in [0.2, 0.25) is 15.9 Å². The minimum atomic E-state index is -3.66. The van der Waals surface area contributed by atoms with Crippen LogP contribution in [0.15, 0.2) is 66.7 Å². The van der Waals surface area contributed by atoms with Crippen molar-refractivity contribution in [2.75, 3.05) is 12.0 Å². The second kappa shape index (κ2) is 10.5. The molecule has 10 heteroatoms. The van der Waals surface area contributed by atoms with E-state index in [9.17, 15) is 22.0 Å². The van der Waals surface area contributed by atoms with Gasteiger partial charge >= 0.3 is 0 Å². The number of ether oxygens (including phenoxy) is 1. The average molecular weight is 553 g/mol. The summed E-state index contributed by atoms with van der Waals surface area (Å²) in [4.78, 5) is 16.7. The maximum absolute atomic E-state index is 13.7. The number of carbonyl (C=O) groups excluding carboxylic acids is 1. The Hall–Kier alpha value is -3.76. The molecular weight excluding hydrogens is 530 g/mol. The number of nitrogens with one attached hydrogen (secondary N) is 1. The quantitative estimate of drug-likeness (QED) is 0.341. The van der Waals surface area contributed by atoms with E-state index in [0.29, 0.717) is 29.0 Å². The third-order valence-electron chi connectivity index (χ3n) is 5.92. The van der Waals surface area contributed by atoms with E-state index in [1.807, 2.05) is 53.3 Å². The number of sulfonamides is 1. The molecule has 6 nitrogen and oxygen atoms in total. The first-order chi connectivity index (χ1) is 18.2. The lowest BCUT2D eigenvalue weighted by Gasteiger charge is -2.19. The molecule has 2 heterocycles. The van der Waals surface area contributed by atoms with Crippen LogP contribution in [0.25, 0.3) is 23.1 Å². The first-order valence-corrected chi connectivity index (χ1v) is 14.5. The number of hydrogen-bond donors (Lipinski definition) is 1. The highest BCUT2D eigenvalue weighted by molar-refractivity contribution is 8.00. The van der Waals surface area contributed by atoms with Gasteiger partial charge in [0, 0.05) is 17.0 Å². The Bertz CT molecular complexity index is 1690. The van der Waals surface area contributed by atoms with Gasteiger partial charge in [0.15, 0.2) is 11.6 Å². The molecule has 0 saturated heterocycles. The molecule has 4 aromatic rings. The third-order valence-corrected chi connectivity index (χ3v) is 7.79. The molecule has 194 valence electrons. The van der Waals surface area contributed by atoms with Gasteiger partial charge in [-0.1, -0.05) is 42.5 Å². The summed E-state index contributed by atoms with van der Waals surface area (Å²) in [5.74, 6) is -1.87. The van der Waals surface area contributed by atoms with Gasteiger partial charge in [-0.05, 0) is 47.0 Å². The van der Waals surface area contributed by atoms with Gasteiger partial charge in [-0.3, -0.25) is 9.52 Å². The van der Waals surface area contributed by atoms with Crippen molar-refractivity contribution in [1.82, 2.24) is 9.71 Å². The molecule has 1 amide bonds. The minimum Gasteiger partial charge on any atom is -0.489 e. The molecule has 0 spiro atoms. The zero-order valence-electron chi connectivity index (χ0n) is 20.1. The molecule has 1 aliphatic rings. The van der Waals surface area contributed by atoms with Crippen LogP contribution in [0.1, 0.15) is 33.2 Å². The number of aromatic nitrogens is 1. The molecule has 0 radical (unpaired) electrons. The molecule has 5 rings (SSSR count). The number of halogens is 2. The van der Waals surface area contributed by atoms with Crippen molar-refractivity contribution >= 4 is 50.7 Å². The molecule has 1 unspecified atom stereocenters. The van der Waals surface area contributed by atoms with E-state index in [2.05, 4.69) is 4.98 Å². The van der Waals surface area contributed by atoms with Crippen LogP contribution in [0.2, 0.25) is 0 Å². The summed E-state index contributed by atoms with van der Waals surface area (Å²) in [6, 6.07) is 19.1. The van der Waals surface area contributed by atoms with Gasteiger partial charge in [0.05, 0.1) is 28.5 Å². The average Bonchev–Trinajstić information content (AvgIpc) is 3.02. The van der Waals surface area contributed by atoms with E-state index in [0.717, 1.165) is 40.6 Å². The SMILES string of the molecule is CS(=O)(=O)NC(=O)CSC1c2ccccc2COc2ccc(/C=C/c3ccc4cc(F)c(F)cc4n3)cc21. The zero-order valence-corrected chi connectivity index (χ0v) is 21.8. The van der Waals surface area contributed by atoms with Crippen molar-refractivity contribution in [3.63, 3.8) is 0 Å². The van der Waals surface area contributed by atoms with Crippen LogP contribution < -0.4 is 9.46 Å². The van der Waals surface area contributed by atoms with Crippen LogP contribution in [-0.2, 0) is 21.4 Å². The highest BCUT2D eigenvalue weighted by atomic mass is 32.2. The standard InChI is InChI=1S/C28H22F2N2O4S2/c1-38(34,35)32-27(33)16-37-28-21-5-3-2-4-19(21)15-36-26-11-7-17(12-22(26)28)6-9-20-10-8-18-13-23(29)24(30)14-25(18)31-20/h2-14,28H,15-16H2,1H3,(H,32,33)/b9-6+. The lowest BCUT2D eigenvalue weighted by molar-refractivity contribution is -0.116. The smallest absolute Gasteiger partial charge is 0.243 e. The number of thioether (sulfide) groups is 1. The molecule has 0 bridgehead atoms. The Morgan fingerprint density at radius 2 is 1.84 bits per heavy atom. The summed E-state index contributed by atoms with van der Waals surface area (Å²) < 4.78 is 58.2. The number of benzene rings is 3. The number of pyridine rings is 1. The zero-order chi connectivity index (χ0) is 26.9. The Morgan fingerprint density at radius 3 is 2.66 bits per heavy atom. The lowest BCUT2D eigenvalue weighted by atomic mass is 9.98. The van der Waals surface area contributed by atoms with Crippen LogP contribution in [0, 0.1) is 11.6 Å². The summed E-state index contributed by atoms with van der Waals surface area (Å²) >= 11 is 1.31. The van der Waals surface area contributed by atoms with E-state index in [4.69, 9.17) is 4.74 Å². The summed E-state index contributed by atoms with van der Waals surface area (Å²) in [6.07, 6.45) is 4.57. The fraction of sp³-hybridized carbons (Fsp3) is 0.143. The van der Waals surface area contributed by atoms with Crippen LogP contribution in [0.3, 0.4) is 0 Å². The van der Waals surface area contributed by atoms with Crippen molar-refractivity contribution in [1.29, 1.82) is 0 Å². The molecule has 1 N–H and O–H groups in total. The largest absolute Gasteiger partial charge is 0.489 e. The highest BCUT2D eigenvalue weighted by Crippen LogP contribution is 2.44. The molecule has 0 aliphatic carbocycles. The summed E-state index contributed by atoms with van der Waals surface area (Å²) in [5, 5.41) is 0.223. The second-order valence-corrected chi connectivity index (χ2v) is 11.6. The number of amides is 1. The fourth-order valence-corrected chi connectivity index (χ4v) is 5.97. The predicted octanol–water partition coefficient (Wildman–Crippen LogP) is 5.47. The van der Waals surface area contributed by atoms with Gasteiger partial charge in [-0.25, -0.2) is 22.2 Å². The van der Waals surface area contributed by atoms with E-state index in [-0.39, 0.29) is 11.0 Å². The van der Waals surface area contributed by atoms with E-state index in [1.54, 1.807) is 18.2 Å². The predicted molar refractivity (Wildman–Crippen MR) is 145 cm³/mol. The van der Waals surface area contributed by atoms with E-state index < -0.39 is 27.6 Å². The molecule has 0 saturated carbocycles. The van der Waals surface area contributed by atoms with Crippen LogP contribution in [-0.4, -0.2) is 31.3 Å². The Kier molecular flexibility index (Phi) is 7.18. The topological polar surface area (TPSA) is 85.4 Å². The van der Waals surface area contributed by atoms with Crippen molar-refractivity contribution in [3.05, 3.63) is 106 Å². The lowest BCUT2D eigenvalue weighted by Crippen LogP contribution is -2.31. The van der Waals surface area contributed by atoms with Crippen LogP contribution in [0.5, 0.6) is 5.75 Å². The van der Waals surface area contributed by atoms with Crippen LogP contribution in [0.4, 0.5) is 8.78 Å². The maximum Gasteiger partial charge on any atom is 0.243 e. The minimum absolute atomic E-state index is 0.0657. The summed E-state index contributed by atoms with van der Waals surface area (Å²) in [7, 11) is -3.66. The molecule has 38 heavy (non-hydrogen) atoms. The molecule has 3 aromatic carbocycles. The molecule has 1 atom stereocenters. The maximum atomic E-state index is 13.7. The van der Waals surface area contributed by atoms with E-state index in [1.165, 1.54) is 11.8 Å². The van der Waals surface area contributed by atoms with Crippen molar-refractivity contribution < 1.29 is 26.7 Å². The second-order valence-electron chi connectivity index (χ2n) is 8.80. The van der Waals surface area contributed by atoms with Crippen molar-refractivity contribution in [3.8, 4) is 5.75 Å². The first-order valence-electron chi connectivity index (χ1n) is 11.6. The van der Waals surface area contributed by atoms with E-state index >= 15 is 0 Å². The monoisotopic (exact) mass is 552 g/mol. The first kappa shape index (κ1) is 25.9. The number of nitrogens with zero attached hydrogens (tertiary/aromatic N) is 1. The Balaban J connectivity index is 1.46. The summed E-state index contributed by atoms with van der Waals surface area (Å²) in [6.45, 7) is 0.364. The van der Waals surface area contributed by atoms with Gasteiger partial charge in [-0.2, -0.15) is 0 Å². The molecule has 0 fully saturated rings. The number of rotatable bonds is 6. The molecule has 1 aliphatic heterocycles. The van der Waals surface area contributed by atoms with Crippen molar-refractivity contribution in [2.45, 2.75) is 11.9 Å². The summed E-state index contributed by atoms with van der Waals surface area (Å²) in [5.41, 5.74) is 4.56. The normalized spacial score (nSPS) is 15.0. The van der Waals surface area contributed by atoms with Crippen molar-refractivity contribution in [2.24, 2.45) is 0 Å². The van der Waals surface area contributed by atoms with Gasteiger partial charge in [0.25, 0.3) is 0 Å². The fourth-order valence-electron chi connectivity index (χ4n) is 4.23. The molecule has 1 aromatic heterocycles. The Labute approximate surface area is 222 Å². The number of fused-ring (bicyclic) bond motifs is 3. The molecular formula is C28H22F2N2O4S2.